The molecule has 1 aliphatic heterocycles. The molecule has 1 heterocycles. The highest BCUT2D eigenvalue weighted by atomic mass is 19.4. The van der Waals surface area contributed by atoms with Gasteiger partial charge in [-0.3, -0.25) is 9.59 Å². The molecule has 13 heteroatoms. The molecule has 3 aromatic rings. The lowest BCUT2D eigenvalue weighted by Gasteiger charge is -2.39. The van der Waals surface area contributed by atoms with Crippen LogP contribution in [0.15, 0.2) is 42.5 Å². The number of rotatable bonds is 5. The summed E-state index contributed by atoms with van der Waals surface area (Å²) in [6, 6.07) is 4.48. The highest BCUT2D eigenvalue weighted by Crippen LogP contribution is 2.38. The third kappa shape index (κ3) is 5.74. The number of carbonyl (C=O) groups excluding carboxylic acids is 2. The lowest BCUT2D eigenvalue weighted by Crippen LogP contribution is -2.50. The first-order valence-electron chi connectivity index (χ1n) is 11.9. The zero-order valence-electron chi connectivity index (χ0n) is 21.2. The number of primary amides is 1. The Hall–Kier alpha value is -4.13. The van der Waals surface area contributed by atoms with Gasteiger partial charge in [0.05, 0.1) is 28.1 Å². The van der Waals surface area contributed by atoms with Gasteiger partial charge < -0.3 is 20.9 Å². The summed E-state index contributed by atoms with van der Waals surface area (Å²) in [5.74, 6) is -7.29. The molecule has 212 valence electrons. The summed E-state index contributed by atoms with van der Waals surface area (Å²) in [5.41, 5.74) is 0.784. The number of alkyl halides is 3. The van der Waals surface area contributed by atoms with Gasteiger partial charge in [0.2, 0.25) is 0 Å². The number of halogens is 7. The third-order valence-electron chi connectivity index (χ3n) is 6.78. The number of amides is 2. The Bertz CT molecular complexity index is 1490. The molecule has 3 N–H and O–H groups in total. The Kier molecular flexibility index (Phi) is 7.79. The molecule has 0 radical (unpaired) electrons. The fourth-order valence-electron chi connectivity index (χ4n) is 4.48. The second-order valence-electron chi connectivity index (χ2n) is 9.44. The summed E-state index contributed by atoms with van der Waals surface area (Å²) >= 11 is 0. The summed E-state index contributed by atoms with van der Waals surface area (Å²) in [4.78, 5) is 28.4. The first kappa shape index (κ1) is 28.9. The number of anilines is 2. The first-order valence-corrected chi connectivity index (χ1v) is 11.9. The molecule has 1 atom stereocenters. The molecule has 0 spiro atoms. The summed E-state index contributed by atoms with van der Waals surface area (Å²) in [5, 5.41) is 2.32. The summed E-state index contributed by atoms with van der Waals surface area (Å²) in [6.07, 6.45) is -5.07. The van der Waals surface area contributed by atoms with Crippen LogP contribution in [0.3, 0.4) is 0 Å². The largest absolute Gasteiger partial charge is 0.417 e. The molecule has 40 heavy (non-hydrogen) atoms. The number of hydrogen-bond donors (Lipinski definition) is 2. The van der Waals surface area contributed by atoms with E-state index >= 15 is 4.39 Å². The fraction of sp³-hybridized carbons (Fsp3) is 0.259. The van der Waals surface area contributed by atoms with E-state index in [1.807, 2.05) is 18.9 Å². The molecule has 6 nitrogen and oxygen atoms in total. The SMILES string of the molecule is CC1CN(c2cc(F)c(-c3cc(C(N)=O)c(F)cc3F)cc2NC(=O)c2ccc(F)cc2C(F)(F)F)CCN1C. The first-order chi connectivity index (χ1) is 18.7. The second kappa shape index (κ2) is 10.8. The van der Waals surface area contributed by atoms with Crippen LogP contribution in [0.25, 0.3) is 11.1 Å². The fourth-order valence-corrected chi connectivity index (χ4v) is 4.48. The average Bonchev–Trinajstić information content (AvgIpc) is 2.86. The van der Waals surface area contributed by atoms with E-state index in [1.165, 1.54) is 0 Å². The van der Waals surface area contributed by atoms with E-state index in [9.17, 15) is 35.9 Å². The van der Waals surface area contributed by atoms with Gasteiger partial charge in [0.25, 0.3) is 11.8 Å². The molecule has 0 bridgehead atoms. The number of hydrogen-bond acceptors (Lipinski definition) is 4. The maximum Gasteiger partial charge on any atom is 0.417 e. The summed E-state index contributed by atoms with van der Waals surface area (Å²) in [7, 11) is 1.87. The summed E-state index contributed by atoms with van der Waals surface area (Å²) < 4.78 is 98.6. The van der Waals surface area contributed by atoms with Gasteiger partial charge >= 0.3 is 6.18 Å². The van der Waals surface area contributed by atoms with Gasteiger partial charge in [0.15, 0.2) is 0 Å². The minimum Gasteiger partial charge on any atom is -0.367 e. The number of likely N-dealkylation sites (N-methyl/N-ethyl adjacent to an activating group) is 1. The van der Waals surface area contributed by atoms with Crippen molar-refractivity contribution in [2.45, 2.75) is 19.1 Å². The van der Waals surface area contributed by atoms with Crippen LogP contribution in [-0.2, 0) is 6.18 Å². The standard InChI is InChI=1S/C27H23F7N4O2/c1-13-12-38(6-5-37(13)2)24-11-22(31)17(16-8-18(25(35)39)21(30)10-20(16)29)9-23(24)36-26(40)15-4-3-14(28)7-19(15)27(32,33)34/h3-4,7-11,13H,5-6,12H2,1-2H3,(H2,35,39)(H,36,40). The molecule has 2 amide bonds. The predicted molar refractivity (Wildman–Crippen MR) is 134 cm³/mol. The van der Waals surface area contributed by atoms with E-state index in [-0.39, 0.29) is 23.5 Å². The smallest absolute Gasteiger partial charge is 0.367 e. The number of benzene rings is 3. The van der Waals surface area contributed by atoms with Crippen molar-refractivity contribution in [3.8, 4) is 11.1 Å². The van der Waals surface area contributed by atoms with Gasteiger partial charge in [0.1, 0.15) is 23.3 Å². The quantitative estimate of drug-likeness (QED) is 0.403. The second-order valence-corrected chi connectivity index (χ2v) is 9.44. The Balaban J connectivity index is 1.87. The van der Waals surface area contributed by atoms with Gasteiger partial charge in [-0.2, -0.15) is 13.2 Å². The van der Waals surface area contributed by atoms with Crippen LogP contribution in [0, 0.1) is 23.3 Å². The summed E-state index contributed by atoms with van der Waals surface area (Å²) in [6.45, 7) is 3.12. The Morgan fingerprint density at radius 1 is 0.900 bits per heavy atom. The van der Waals surface area contributed by atoms with Crippen molar-refractivity contribution >= 4 is 23.2 Å². The van der Waals surface area contributed by atoms with Crippen molar-refractivity contribution in [3.05, 3.63) is 82.4 Å². The van der Waals surface area contributed by atoms with Crippen LogP contribution >= 0.6 is 0 Å². The predicted octanol–water partition coefficient (Wildman–Crippen LogP) is 5.42. The van der Waals surface area contributed by atoms with Gasteiger partial charge in [-0.05, 0) is 50.4 Å². The van der Waals surface area contributed by atoms with E-state index in [1.54, 1.807) is 4.90 Å². The number of nitrogens with two attached hydrogens (primary N) is 1. The third-order valence-corrected chi connectivity index (χ3v) is 6.78. The molecular formula is C27H23F7N4O2. The highest BCUT2D eigenvalue weighted by molar-refractivity contribution is 6.07. The lowest BCUT2D eigenvalue weighted by molar-refractivity contribution is -0.138. The van der Waals surface area contributed by atoms with Crippen molar-refractivity contribution in [2.75, 3.05) is 36.9 Å². The van der Waals surface area contributed by atoms with E-state index in [4.69, 9.17) is 5.73 Å². The number of nitrogens with zero attached hydrogens (tertiary/aromatic N) is 2. The van der Waals surface area contributed by atoms with Gasteiger partial charge in [0, 0.05) is 42.9 Å². The zero-order valence-corrected chi connectivity index (χ0v) is 21.2. The Labute approximate surface area is 224 Å². The molecule has 1 aliphatic rings. The van der Waals surface area contributed by atoms with Crippen LogP contribution in [0.4, 0.5) is 42.1 Å². The minimum absolute atomic E-state index is 0.0263. The van der Waals surface area contributed by atoms with E-state index < -0.39 is 69.1 Å². The number of carbonyl (C=O) groups is 2. The lowest BCUT2D eigenvalue weighted by atomic mass is 9.99. The highest BCUT2D eigenvalue weighted by Gasteiger charge is 2.36. The number of nitrogens with one attached hydrogen (secondary N) is 1. The molecule has 4 rings (SSSR count). The van der Waals surface area contributed by atoms with Crippen LogP contribution in [-0.4, -0.2) is 49.4 Å². The van der Waals surface area contributed by atoms with E-state index in [0.717, 1.165) is 12.1 Å². The minimum atomic E-state index is -5.07. The molecule has 1 fully saturated rings. The van der Waals surface area contributed by atoms with Crippen molar-refractivity contribution in [3.63, 3.8) is 0 Å². The maximum atomic E-state index is 15.5. The van der Waals surface area contributed by atoms with Crippen LogP contribution in [0.2, 0.25) is 0 Å². The molecule has 0 aromatic heterocycles. The molecule has 1 saturated heterocycles. The van der Waals surface area contributed by atoms with E-state index in [2.05, 4.69) is 5.32 Å². The van der Waals surface area contributed by atoms with Gasteiger partial charge in [-0.25, -0.2) is 17.6 Å². The topological polar surface area (TPSA) is 78.7 Å². The molecule has 0 aliphatic carbocycles. The monoisotopic (exact) mass is 568 g/mol. The molecular weight excluding hydrogens is 545 g/mol. The van der Waals surface area contributed by atoms with Crippen molar-refractivity contribution < 1.29 is 40.3 Å². The zero-order chi connectivity index (χ0) is 29.5. The molecule has 1 unspecified atom stereocenters. The van der Waals surface area contributed by atoms with Crippen LogP contribution in [0.5, 0.6) is 0 Å². The van der Waals surface area contributed by atoms with E-state index in [0.29, 0.717) is 43.9 Å². The Morgan fingerprint density at radius 2 is 1.55 bits per heavy atom. The normalized spacial score (nSPS) is 16.2. The van der Waals surface area contributed by atoms with Crippen LogP contribution < -0.4 is 16.0 Å². The van der Waals surface area contributed by atoms with Crippen LogP contribution in [0.1, 0.15) is 33.2 Å². The maximum absolute atomic E-state index is 15.5. The number of piperazine rings is 1. The molecule has 3 aromatic carbocycles. The van der Waals surface area contributed by atoms with Crippen molar-refractivity contribution in [1.82, 2.24) is 4.90 Å². The average molecular weight is 568 g/mol. The van der Waals surface area contributed by atoms with Gasteiger partial charge in [-0.15, -0.1) is 0 Å². The molecule has 0 saturated carbocycles. The van der Waals surface area contributed by atoms with Crippen molar-refractivity contribution in [1.29, 1.82) is 0 Å². The Morgan fingerprint density at radius 3 is 2.17 bits per heavy atom. The van der Waals surface area contributed by atoms with Gasteiger partial charge in [-0.1, -0.05) is 0 Å². The van der Waals surface area contributed by atoms with Crippen molar-refractivity contribution in [2.24, 2.45) is 5.73 Å².